The third-order valence-corrected chi connectivity index (χ3v) is 2.32. The van der Waals surface area contributed by atoms with Gasteiger partial charge in [-0.1, -0.05) is 28.4 Å². The van der Waals surface area contributed by atoms with Gasteiger partial charge in [0.15, 0.2) is 5.82 Å². The predicted octanol–water partition coefficient (Wildman–Crippen LogP) is 2.67. The van der Waals surface area contributed by atoms with Crippen molar-refractivity contribution in [3.63, 3.8) is 0 Å². The molecular weight excluding hydrogens is 267 g/mol. The molecule has 0 atom stereocenters. The lowest BCUT2D eigenvalue weighted by Gasteiger charge is -1.96. The van der Waals surface area contributed by atoms with Gasteiger partial charge in [-0.25, -0.2) is 0 Å². The molecule has 0 aliphatic heterocycles. The Hall–Kier alpha value is -1.59. The van der Waals surface area contributed by atoms with Crippen LogP contribution in [0.4, 0.5) is 0 Å². The Bertz CT molecular complexity index is 548. The maximum atomic E-state index is 10.5. The highest BCUT2D eigenvalue weighted by Crippen LogP contribution is 2.26. The van der Waals surface area contributed by atoms with Crippen molar-refractivity contribution < 1.29 is 14.4 Å². The molecule has 0 aliphatic carbocycles. The van der Waals surface area contributed by atoms with Crippen LogP contribution in [0.2, 0.25) is 10.0 Å². The number of rotatable bonds is 3. The molecule has 1 heterocycles. The molecule has 0 bridgehead atoms. The van der Waals surface area contributed by atoms with Gasteiger partial charge in [-0.05, 0) is 18.2 Å². The van der Waals surface area contributed by atoms with E-state index in [-0.39, 0.29) is 18.1 Å². The molecule has 2 rings (SSSR count). The number of benzene rings is 1. The fourth-order valence-electron chi connectivity index (χ4n) is 1.26. The lowest BCUT2D eigenvalue weighted by Crippen LogP contribution is -2.01. The molecule has 0 spiro atoms. The van der Waals surface area contributed by atoms with Crippen molar-refractivity contribution in [2.75, 3.05) is 0 Å². The Labute approximate surface area is 106 Å². The van der Waals surface area contributed by atoms with E-state index in [1.165, 1.54) is 0 Å². The molecule has 17 heavy (non-hydrogen) atoms. The van der Waals surface area contributed by atoms with Crippen LogP contribution in [0, 0.1) is 0 Å². The van der Waals surface area contributed by atoms with Crippen molar-refractivity contribution in [2.45, 2.75) is 6.42 Å². The van der Waals surface area contributed by atoms with Crippen molar-refractivity contribution in [1.29, 1.82) is 0 Å². The molecule has 1 aromatic carbocycles. The van der Waals surface area contributed by atoms with E-state index < -0.39 is 5.97 Å². The number of nitrogens with zero attached hydrogens (tertiary/aromatic N) is 2. The quantitative estimate of drug-likeness (QED) is 0.930. The number of aromatic nitrogens is 2. The summed E-state index contributed by atoms with van der Waals surface area (Å²) in [5.74, 6) is -0.740. The van der Waals surface area contributed by atoms with Gasteiger partial charge >= 0.3 is 5.97 Å². The fourth-order valence-corrected chi connectivity index (χ4v) is 1.78. The van der Waals surface area contributed by atoms with Crippen LogP contribution in [0.3, 0.4) is 0 Å². The topological polar surface area (TPSA) is 76.2 Å². The first kappa shape index (κ1) is 11.9. The third-order valence-electron chi connectivity index (χ3n) is 1.89. The molecule has 0 fully saturated rings. The van der Waals surface area contributed by atoms with Crippen molar-refractivity contribution in [1.82, 2.24) is 10.1 Å². The predicted molar refractivity (Wildman–Crippen MR) is 61.1 cm³/mol. The summed E-state index contributed by atoms with van der Waals surface area (Å²) in [4.78, 5) is 14.4. The van der Waals surface area contributed by atoms with Crippen LogP contribution in [-0.2, 0) is 11.2 Å². The summed E-state index contributed by atoms with van der Waals surface area (Å²) in [5, 5.41) is 13.0. The second-order valence-corrected chi connectivity index (χ2v) is 4.12. The van der Waals surface area contributed by atoms with Gasteiger partial charge in [-0.2, -0.15) is 4.98 Å². The van der Waals surface area contributed by atoms with E-state index in [4.69, 9.17) is 32.8 Å². The minimum Gasteiger partial charge on any atom is -0.481 e. The number of carboxylic acid groups (broad SMARTS) is 1. The van der Waals surface area contributed by atoms with Gasteiger partial charge in [0.25, 0.3) is 5.89 Å². The van der Waals surface area contributed by atoms with Crippen LogP contribution in [0.1, 0.15) is 5.82 Å². The average Bonchev–Trinajstić information content (AvgIpc) is 2.63. The first-order chi connectivity index (χ1) is 8.04. The molecule has 1 aromatic heterocycles. The minimum absolute atomic E-state index is 0.101. The van der Waals surface area contributed by atoms with Gasteiger partial charge in [-0.3, -0.25) is 4.79 Å². The Morgan fingerprint density at radius 2 is 1.94 bits per heavy atom. The van der Waals surface area contributed by atoms with E-state index in [2.05, 4.69) is 10.1 Å². The van der Waals surface area contributed by atoms with Crippen LogP contribution >= 0.6 is 23.2 Å². The standard InChI is InChI=1S/C10H6Cl2N2O3/c11-6-1-5(2-7(12)3-6)10-13-8(14-17-10)4-9(15)16/h1-3H,4H2,(H,15,16). The van der Waals surface area contributed by atoms with Crippen LogP contribution in [0.15, 0.2) is 22.7 Å². The fraction of sp³-hybridized carbons (Fsp3) is 0.100. The highest BCUT2D eigenvalue weighted by Gasteiger charge is 2.12. The van der Waals surface area contributed by atoms with Gasteiger partial charge in [0.05, 0.1) is 0 Å². The zero-order chi connectivity index (χ0) is 12.4. The second-order valence-electron chi connectivity index (χ2n) is 3.24. The lowest BCUT2D eigenvalue weighted by molar-refractivity contribution is -0.136. The molecule has 0 amide bonds. The van der Waals surface area contributed by atoms with Crippen LogP contribution in [0.5, 0.6) is 0 Å². The molecule has 0 saturated carbocycles. The van der Waals surface area contributed by atoms with E-state index in [1.54, 1.807) is 18.2 Å². The molecular formula is C10H6Cl2N2O3. The van der Waals surface area contributed by atoms with Gasteiger partial charge in [0.1, 0.15) is 6.42 Å². The smallest absolute Gasteiger partial charge is 0.311 e. The van der Waals surface area contributed by atoms with E-state index >= 15 is 0 Å². The number of aliphatic carboxylic acids is 1. The maximum absolute atomic E-state index is 10.5. The lowest BCUT2D eigenvalue weighted by atomic mass is 10.2. The van der Waals surface area contributed by atoms with Crippen molar-refractivity contribution >= 4 is 29.2 Å². The first-order valence-corrected chi connectivity index (χ1v) is 5.31. The first-order valence-electron chi connectivity index (χ1n) is 4.55. The van der Waals surface area contributed by atoms with E-state index in [1.807, 2.05) is 0 Å². The van der Waals surface area contributed by atoms with Crippen molar-refractivity contribution in [3.8, 4) is 11.5 Å². The van der Waals surface area contributed by atoms with Gasteiger partial charge in [0.2, 0.25) is 0 Å². The van der Waals surface area contributed by atoms with Crippen molar-refractivity contribution in [3.05, 3.63) is 34.1 Å². The van der Waals surface area contributed by atoms with E-state index in [9.17, 15) is 4.79 Å². The Kier molecular flexibility index (Phi) is 3.31. The van der Waals surface area contributed by atoms with E-state index in [0.29, 0.717) is 15.6 Å². The molecule has 7 heteroatoms. The van der Waals surface area contributed by atoms with Gasteiger partial charge in [-0.15, -0.1) is 0 Å². The number of carboxylic acids is 1. The molecule has 0 aliphatic rings. The van der Waals surface area contributed by atoms with Crippen LogP contribution in [-0.4, -0.2) is 21.2 Å². The zero-order valence-electron chi connectivity index (χ0n) is 8.35. The summed E-state index contributed by atoms with van der Waals surface area (Å²) < 4.78 is 4.92. The summed E-state index contributed by atoms with van der Waals surface area (Å²) in [6.45, 7) is 0. The summed E-state index contributed by atoms with van der Waals surface area (Å²) in [6, 6.07) is 4.78. The molecule has 5 nitrogen and oxygen atoms in total. The van der Waals surface area contributed by atoms with Gasteiger partial charge < -0.3 is 9.63 Å². The van der Waals surface area contributed by atoms with Crippen molar-refractivity contribution in [2.24, 2.45) is 0 Å². The summed E-state index contributed by atoms with van der Waals surface area (Å²) >= 11 is 11.6. The second kappa shape index (κ2) is 4.73. The van der Waals surface area contributed by atoms with Crippen LogP contribution in [0.25, 0.3) is 11.5 Å². The summed E-state index contributed by atoms with van der Waals surface area (Å²) in [6.07, 6.45) is -0.294. The SMILES string of the molecule is O=C(O)Cc1noc(-c2cc(Cl)cc(Cl)c2)n1. The average molecular weight is 273 g/mol. The number of halogens is 2. The van der Waals surface area contributed by atoms with E-state index in [0.717, 1.165) is 0 Å². The Balaban J connectivity index is 2.33. The molecule has 2 aromatic rings. The highest BCUT2D eigenvalue weighted by atomic mass is 35.5. The molecule has 0 saturated heterocycles. The molecule has 88 valence electrons. The Morgan fingerprint density at radius 1 is 1.29 bits per heavy atom. The summed E-state index contributed by atoms with van der Waals surface area (Å²) in [7, 11) is 0. The Morgan fingerprint density at radius 3 is 2.53 bits per heavy atom. The third kappa shape index (κ3) is 2.95. The maximum Gasteiger partial charge on any atom is 0.311 e. The number of hydrogen-bond acceptors (Lipinski definition) is 4. The van der Waals surface area contributed by atoms with Gasteiger partial charge in [0, 0.05) is 15.6 Å². The summed E-state index contributed by atoms with van der Waals surface area (Å²) in [5.41, 5.74) is 0.548. The number of hydrogen-bond donors (Lipinski definition) is 1. The minimum atomic E-state index is -1.03. The molecule has 0 unspecified atom stereocenters. The zero-order valence-corrected chi connectivity index (χ0v) is 9.87. The highest BCUT2D eigenvalue weighted by molar-refractivity contribution is 6.35. The largest absolute Gasteiger partial charge is 0.481 e. The monoisotopic (exact) mass is 272 g/mol. The number of carbonyl (C=O) groups is 1. The van der Waals surface area contributed by atoms with Crippen LogP contribution < -0.4 is 0 Å². The normalized spacial score (nSPS) is 10.5. The molecule has 0 radical (unpaired) electrons. The molecule has 1 N–H and O–H groups in total.